The lowest BCUT2D eigenvalue weighted by molar-refractivity contribution is -0.122. The van der Waals surface area contributed by atoms with Gasteiger partial charge in [-0.1, -0.05) is 28.7 Å². The van der Waals surface area contributed by atoms with Gasteiger partial charge in [0, 0.05) is 10.8 Å². The van der Waals surface area contributed by atoms with Crippen LogP contribution in [0.3, 0.4) is 0 Å². The van der Waals surface area contributed by atoms with Crippen LogP contribution in [0.25, 0.3) is 0 Å². The Morgan fingerprint density at radius 3 is 2.33 bits per heavy atom. The first-order valence-corrected chi connectivity index (χ1v) is 7.49. The molecule has 0 spiro atoms. The number of nitrogens with zero attached hydrogens (tertiary/aromatic N) is 1. The fourth-order valence-electron chi connectivity index (χ4n) is 2.25. The Labute approximate surface area is 121 Å². The van der Waals surface area contributed by atoms with E-state index in [0.717, 1.165) is 16.8 Å². The maximum absolute atomic E-state index is 12.2. The Balaban J connectivity index is 2.46. The van der Waals surface area contributed by atoms with Gasteiger partial charge in [-0.25, -0.2) is 0 Å². The van der Waals surface area contributed by atoms with E-state index in [1.165, 1.54) is 10.5 Å². The Kier molecular flexibility index (Phi) is 3.75. The molecule has 3 nitrogen and oxygen atoms in total. The first-order valence-electron chi connectivity index (χ1n) is 5.96. The van der Waals surface area contributed by atoms with Crippen LogP contribution < -0.4 is 4.90 Å². The van der Waals surface area contributed by atoms with E-state index in [1.54, 1.807) is 0 Å². The highest BCUT2D eigenvalue weighted by Gasteiger charge is 2.39. The number of carbonyl (C=O) groups is 2. The minimum Gasteiger partial charge on any atom is -0.274 e. The quantitative estimate of drug-likeness (QED) is 0.464. The number of amides is 2. The lowest BCUT2D eigenvalue weighted by Gasteiger charge is -2.19. The zero-order valence-corrected chi connectivity index (χ0v) is 12.9. The van der Waals surface area contributed by atoms with Gasteiger partial charge in [0.1, 0.15) is 0 Å². The predicted molar refractivity (Wildman–Crippen MR) is 80.1 cm³/mol. The average molecular weight is 357 g/mol. The monoisotopic (exact) mass is 357 g/mol. The number of alkyl halides is 1. The molecule has 4 heteroatoms. The molecule has 1 saturated heterocycles. The van der Waals surface area contributed by atoms with Crippen molar-refractivity contribution in [2.75, 3.05) is 9.33 Å². The summed E-state index contributed by atoms with van der Waals surface area (Å²) in [6, 6.07) is 3.97. The minimum atomic E-state index is -0.154. The molecule has 18 heavy (non-hydrogen) atoms. The fourth-order valence-corrected chi connectivity index (χ4v) is 2.94. The summed E-state index contributed by atoms with van der Waals surface area (Å²) < 4.78 is 0.697. The van der Waals surface area contributed by atoms with Crippen molar-refractivity contribution in [3.8, 4) is 0 Å². The molecule has 1 aliphatic heterocycles. The molecule has 0 N–H and O–H groups in total. The number of rotatable bonds is 2. The van der Waals surface area contributed by atoms with Crippen molar-refractivity contribution in [3.63, 3.8) is 0 Å². The molecule has 1 atom stereocenters. The van der Waals surface area contributed by atoms with Crippen LogP contribution in [0.15, 0.2) is 12.1 Å². The third kappa shape index (κ3) is 2.18. The molecule has 96 valence electrons. The molecule has 1 aliphatic rings. The molecule has 1 heterocycles. The summed E-state index contributed by atoms with van der Waals surface area (Å²) in [5, 5.41) is 0. The highest BCUT2D eigenvalue weighted by molar-refractivity contribution is 14.1. The van der Waals surface area contributed by atoms with Gasteiger partial charge in [-0.2, -0.15) is 0 Å². The molecule has 2 amide bonds. The van der Waals surface area contributed by atoms with Gasteiger partial charge in [-0.15, -0.1) is 0 Å². The first-order chi connectivity index (χ1) is 8.45. The van der Waals surface area contributed by atoms with Crippen LogP contribution in [0.4, 0.5) is 5.69 Å². The Morgan fingerprint density at radius 1 is 1.17 bits per heavy atom. The number of hydrogen-bond acceptors (Lipinski definition) is 2. The molecule has 1 aromatic carbocycles. The van der Waals surface area contributed by atoms with Crippen molar-refractivity contribution in [3.05, 3.63) is 28.8 Å². The molecule has 2 rings (SSSR count). The van der Waals surface area contributed by atoms with Crippen LogP contribution in [-0.2, 0) is 9.59 Å². The SMILES string of the molecule is Cc1cc(C)c(N2C(=O)CC(CI)C2=O)cc1C. The second-order valence-electron chi connectivity index (χ2n) is 4.85. The maximum Gasteiger partial charge on any atom is 0.238 e. The van der Waals surface area contributed by atoms with Crippen LogP contribution in [0, 0.1) is 26.7 Å². The fraction of sp³-hybridized carbons (Fsp3) is 0.429. The summed E-state index contributed by atoms with van der Waals surface area (Å²) in [7, 11) is 0. The minimum absolute atomic E-state index is 0.0549. The van der Waals surface area contributed by atoms with Gasteiger partial charge in [-0.3, -0.25) is 14.5 Å². The van der Waals surface area contributed by atoms with Gasteiger partial charge in [0.25, 0.3) is 0 Å². The number of benzene rings is 1. The number of halogens is 1. The zero-order valence-electron chi connectivity index (χ0n) is 10.8. The van der Waals surface area contributed by atoms with Crippen molar-refractivity contribution < 1.29 is 9.59 Å². The number of aryl methyl sites for hydroxylation is 3. The van der Waals surface area contributed by atoms with Crippen LogP contribution in [-0.4, -0.2) is 16.2 Å². The predicted octanol–water partition coefficient (Wildman–Crippen LogP) is 2.93. The van der Waals surface area contributed by atoms with E-state index >= 15 is 0 Å². The highest BCUT2D eigenvalue weighted by atomic mass is 127. The lowest BCUT2D eigenvalue weighted by Crippen LogP contribution is -2.31. The summed E-state index contributed by atoms with van der Waals surface area (Å²) in [5.74, 6) is -0.284. The molecule has 0 bridgehead atoms. The van der Waals surface area contributed by atoms with Gasteiger partial charge in [-0.05, 0) is 43.5 Å². The van der Waals surface area contributed by atoms with E-state index < -0.39 is 0 Å². The largest absolute Gasteiger partial charge is 0.274 e. The van der Waals surface area contributed by atoms with Gasteiger partial charge in [0.15, 0.2) is 0 Å². The summed E-state index contributed by atoms with van der Waals surface area (Å²) in [5.41, 5.74) is 4.02. The standard InChI is InChI=1S/C14H16INO2/c1-8-4-10(3)12(5-9(8)2)16-13(17)6-11(7-15)14(16)18/h4-5,11H,6-7H2,1-3H3. The Bertz CT molecular complexity index is 525. The number of hydrogen-bond donors (Lipinski definition) is 0. The van der Waals surface area contributed by atoms with Crippen LogP contribution >= 0.6 is 22.6 Å². The average Bonchev–Trinajstić information content (AvgIpc) is 2.59. The molecule has 0 aromatic heterocycles. The van der Waals surface area contributed by atoms with Crippen LogP contribution in [0.1, 0.15) is 23.1 Å². The van der Waals surface area contributed by atoms with E-state index in [1.807, 2.05) is 32.9 Å². The molecule has 1 aromatic rings. The van der Waals surface area contributed by atoms with Crippen molar-refractivity contribution >= 4 is 40.1 Å². The zero-order chi connectivity index (χ0) is 13.4. The summed E-state index contributed by atoms with van der Waals surface area (Å²) >= 11 is 2.17. The lowest BCUT2D eigenvalue weighted by atomic mass is 10.0. The van der Waals surface area contributed by atoms with E-state index in [2.05, 4.69) is 22.6 Å². The molecule has 1 unspecified atom stereocenters. The van der Waals surface area contributed by atoms with E-state index in [0.29, 0.717) is 10.8 Å². The van der Waals surface area contributed by atoms with E-state index in [9.17, 15) is 9.59 Å². The van der Waals surface area contributed by atoms with Crippen molar-refractivity contribution in [1.82, 2.24) is 0 Å². The maximum atomic E-state index is 12.2. The molecule has 0 saturated carbocycles. The second kappa shape index (κ2) is 4.99. The summed E-state index contributed by atoms with van der Waals surface area (Å²) in [6.07, 6.45) is 0.341. The normalized spacial score (nSPS) is 19.8. The number of anilines is 1. The number of imide groups is 1. The molecular weight excluding hydrogens is 341 g/mol. The third-order valence-corrected chi connectivity index (χ3v) is 4.54. The van der Waals surface area contributed by atoms with Crippen LogP contribution in [0.2, 0.25) is 0 Å². The van der Waals surface area contributed by atoms with Crippen molar-refractivity contribution in [2.45, 2.75) is 27.2 Å². The second-order valence-corrected chi connectivity index (χ2v) is 5.73. The molecule has 0 aliphatic carbocycles. The first kappa shape index (κ1) is 13.5. The van der Waals surface area contributed by atoms with Crippen molar-refractivity contribution in [1.29, 1.82) is 0 Å². The molecule has 1 fully saturated rings. The smallest absolute Gasteiger partial charge is 0.238 e. The molecular formula is C14H16INO2. The van der Waals surface area contributed by atoms with E-state index in [4.69, 9.17) is 0 Å². The summed E-state index contributed by atoms with van der Waals surface area (Å²) in [6.45, 7) is 5.98. The van der Waals surface area contributed by atoms with E-state index in [-0.39, 0.29) is 17.7 Å². The highest BCUT2D eigenvalue weighted by Crippen LogP contribution is 2.31. The number of carbonyl (C=O) groups excluding carboxylic acids is 2. The summed E-state index contributed by atoms with van der Waals surface area (Å²) in [4.78, 5) is 25.6. The van der Waals surface area contributed by atoms with Gasteiger partial charge in [0.05, 0.1) is 11.6 Å². The van der Waals surface area contributed by atoms with Gasteiger partial charge < -0.3 is 0 Å². The third-order valence-electron chi connectivity index (χ3n) is 3.48. The Morgan fingerprint density at radius 2 is 1.78 bits per heavy atom. The van der Waals surface area contributed by atoms with Crippen LogP contribution in [0.5, 0.6) is 0 Å². The molecule has 0 radical (unpaired) electrons. The van der Waals surface area contributed by atoms with Gasteiger partial charge in [0.2, 0.25) is 11.8 Å². The van der Waals surface area contributed by atoms with Crippen molar-refractivity contribution in [2.24, 2.45) is 5.92 Å². The topological polar surface area (TPSA) is 37.4 Å². The van der Waals surface area contributed by atoms with Gasteiger partial charge >= 0.3 is 0 Å². The Hall–Kier alpha value is -0.910.